The van der Waals surface area contributed by atoms with Crippen molar-refractivity contribution < 1.29 is 27.6 Å². The van der Waals surface area contributed by atoms with E-state index in [0.717, 1.165) is 18.5 Å². The first kappa shape index (κ1) is 19.2. The molecule has 6 nitrogen and oxygen atoms in total. The van der Waals surface area contributed by atoms with E-state index in [1.165, 1.54) is 4.90 Å². The highest BCUT2D eigenvalue weighted by Crippen LogP contribution is 2.23. The molecule has 146 valence electrons. The molecule has 2 fully saturated rings. The molecule has 0 atom stereocenters. The molecule has 2 aliphatic rings. The summed E-state index contributed by atoms with van der Waals surface area (Å²) in [5.74, 6) is -5.47. The molecule has 2 saturated heterocycles. The zero-order valence-corrected chi connectivity index (χ0v) is 14.7. The van der Waals surface area contributed by atoms with Crippen molar-refractivity contribution in [3.05, 3.63) is 35.1 Å². The zero-order valence-electron chi connectivity index (χ0n) is 14.7. The summed E-state index contributed by atoms with van der Waals surface area (Å²) in [6.45, 7) is 2.45. The normalized spacial score (nSPS) is 18.6. The maximum atomic E-state index is 13.8. The van der Waals surface area contributed by atoms with Crippen molar-refractivity contribution in [1.82, 2.24) is 14.7 Å². The molecule has 0 aliphatic carbocycles. The Kier molecular flexibility index (Phi) is 5.67. The lowest BCUT2D eigenvalue weighted by atomic mass is 9.94. The SMILES string of the molecule is O=CN1CCN(C(=O)C2CCN(C(=O)c3ccc(F)c(F)c3F)CC2)CC1. The molecule has 2 heterocycles. The average Bonchev–Trinajstić information content (AvgIpc) is 2.71. The number of piperazine rings is 1. The number of halogens is 3. The van der Waals surface area contributed by atoms with E-state index in [4.69, 9.17) is 0 Å². The molecular weight excluding hydrogens is 363 g/mol. The first-order chi connectivity index (χ1) is 12.9. The molecule has 0 saturated carbocycles. The number of piperidine rings is 1. The molecule has 0 radical (unpaired) electrons. The molecule has 0 bridgehead atoms. The van der Waals surface area contributed by atoms with Gasteiger partial charge >= 0.3 is 0 Å². The van der Waals surface area contributed by atoms with Gasteiger partial charge in [0.2, 0.25) is 12.3 Å². The standard InChI is InChI=1S/C18H20F3N3O3/c19-14-2-1-13(15(20)16(14)21)18(27)23-5-3-12(4-6-23)17(26)24-9-7-22(11-25)8-10-24/h1-2,11-12H,3-10H2. The Bertz CT molecular complexity index is 743. The Morgan fingerprint density at radius 3 is 2.11 bits per heavy atom. The second-order valence-corrected chi connectivity index (χ2v) is 6.76. The van der Waals surface area contributed by atoms with Gasteiger partial charge in [0.25, 0.3) is 5.91 Å². The van der Waals surface area contributed by atoms with Crippen molar-refractivity contribution in [2.75, 3.05) is 39.3 Å². The summed E-state index contributed by atoms with van der Waals surface area (Å²) in [5.41, 5.74) is -0.510. The second-order valence-electron chi connectivity index (χ2n) is 6.76. The fourth-order valence-electron chi connectivity index (χ4n) is 3.50. The number of rotatable bonds is 3. The molecular formula is C18H20F3N3O3. The van der Waals surface area contributed by atoms with Gasteiger partial charge in [0.05, 0.1) is 5.56 Å². The number of likely N-dealkylation sites (tertiary alicyclic amines) is 1. The minimum absolute atomic E-state index is 0.00773. The van der Waals surface area contributed by atoms with E-state index in [1.807, 2.05) is 0 Å². The van der Waals surface area contributed by atoms with Gasteiger partial charge in [-0.25, -0.2) is 13.2 Å². The van der Waals surface area contributed by atoms with Crippen LogP contribution in [0.3, 0.4) is 0 Å². The van der Waals surface area contributed by atoms with Gasteiger partial charge in [0.15, 0.2) is 17.5 Å². The van der Waals surface area contributed by atoms with Crippen molar-refractivity contribution >= 4 is 18.2 Å². The molecule has 0 unspecified atom stereocenters. The summed E-state index contributed by atoms with van der Waals surface area (Å²) in [4.78, 5) is 40.4. The van der Waals surface area contributed by atoms with Crippen molar-refractivity contribution in [3.63, 3.8) is 0 Å². The van der Waals surface area contributed by atoms with E-state index in [0.29, 0.717) is 39.0 Å². The average molecular weight is 383 g/mol. The van der Waals surface area contributed by atoms with Crippen LogP contribution in [0.1, 0.15) is 23.2 Å². The van der Waals surface area contributed by atoms with Crippen LogP contribution in [0.4, 0.5) is 13.2 Å². The number of benzene rings is 1. The van der Waals surface area contributed by atoms with Crippen LogP contribution in [0.5, 0.6) is 0 Å². The predicted octanol–water partition coefficient (Wildman–Crippen LogP) is 1.26. The maximum absolute atomic E-state index is 13.8. The summed E-state index contributed by atoms with van der Waals surface area (Å²) >= 11 is 0. The van der Waals surface area contributed by atoms with Crippen LogP contribution < -0.4 is 0 Å². The van der Waals surface area contributed by atoms with E-state index in [2.05, 4.69) is 0 Å². The highest BCUT2D eigenvalue weighted by Gasteiger charge is 2.32. The molecule has 9 heteroatoms. The fourth-order valence-corrected chi connectivity index (χ4v) is 3.50. The Hall–Kier alpha value is -2.58. The smallest absolute Gasteiger partial charge is 0.256 e. The molecule has 2 aliphatic heterocycles. The summed E-state index contributed by atoms with van der Waals surface area (Å²) in [6, 6.07) is 1.65. The number of carbonyl (C=O) groups excluding carboxylic acids is 3. The van der Waals surface area contributed by atoms with Gasteiger partial charge in [-0.3, -0.25) is 14.4 Å². The third-order valence-corrected chi connectivity index (χ3v) is 5.17. The Labute approximate surface area is 154 Å². The number of nitrogens with zero attached hydrogens (tertiary/aromatic N) is 3. The maximum Gasteiger partial charge on any atom is 0.256 e. The van der Waals surface area contributed by atoms with E-state index in [1.54, 1.807) is 9.80 Å². The first-order valence-electron chi connectivity index (χ1n) is 8.83. The van der Waals surface area contributed by atoms with Gasteiger partial charge in [0, 0.05) is 45.2 Å². The zero-order chi connectivity index (χ0) is 19.6. The molecule has 0 aromatic heterocycles. The van der Waals surface area contributed by atoms with Crippen LogP contribution in [0.2, 0.25) is 0 Å². The van der Waals surface area contributed by atoms with E-state index >= 15 is 0 Å². The largest absolute Gasteiger partial charge is 0.342 e. The Morgan fingerprint density at radius 1 is 0.889 bits per heavy atom. The van der Waals surface area contributed by atoms with Crippen LogP contribution in [-0.4, -0.2) is 72.2 Å². The van der Waals surface area contributed by atoms with Gasteiger partial charge in [0.1, 0.15) is 0 Å². The minimum Gasteiger partial charge on any atom is -0.342 e. The highest BCUT2D eigenvalue weighted by atomic mass is 19.2. The fraction of sp³-hybridized carbons (Fsp3) is 0.500. The molecule has 1 aromatic rings. The van der Waals surface area contributed by atoms with Crippen molar-refractivity contribution in [2.24, 2.45) is 5.92 Å². The Morgan fingerprint density at radius 2 is 1.52 bits per heavy atom. The lowest BCUT2D eigenvalue weighted by Crippen LogP contribution is -2.51. The van der Waals surface area contributed by atoms with Crippen LogP contribution in [0.25, 0.3) is 0 Å². The van der Waals surface area contributed by atoms with E-state index in [9.17, 15) is 27.6 Å². The van der Waals surface area contributed by atoms with Gasteiger partial charge in [-0.2, -0.15) is 0 Å². The van der Waals surface area contributed by atoms with Crippen molar-refractivity contribution in [2.45, 2.75) is 12.8 Å². The summed E-state index contributed by atoms with van der Waals surface area (Å²) in [6.07, 6.45) is 1.61. The van der Waals surface area contributed by atoms with Gasteiger partial charge < -0.3 is 14.7 Å². The molecule has 0 N–H and O–H groups in total. The van der Waals surface area contributed by atoms with Crippen LogP contribution in [-0.2, 0) is 9.59 Å². The molecule has 1 aromatic carbocycles. The van der Waals surface area contributed by atoms with E-state index in [-0.39, 0.29) is 24.9 Å². The van der Waals surface area contributed by atoms with Crippen molar-refractivity contribution in [3.8, 4) is 0 Å². The molecule has 3 rings (SSSR count). The topological polar surface area (TPSA) is 60.9 Å². The minimum atomic E-state index is -1.67. The molecule has 27 heavy (non-hydrogen) atoms. The van der Waals surface area contributed by atoms with Gasteiger partial charge in [-0.05, 0) is 25.0 Å². The summed E-state index contributed by atoms with van der Waals surface area (Å²) < 4.78 is 40.2. The predicted molar refractivity (Wildman–Crippen MR) is 89.2 cm³/mol. The Balaban J connectivity index is 1.57. The van der Waals surface area contributed by atoms with E-state index < -0.39 is 28.9 Å². The number of hydrogen-bond acceptors (Lipinski definition) is 3. The van der Waals surface area contributed by atoms with Crippen molar-refractivity contribution in [1.29, 1.82) is 0 Å². The summed E-state index contributed by atoms with van der Waals surface area (Å²) in [5, 5.41) is 0. The lowest BCUT2D eigenvalue weighted by Gasteiger charge is -2.37. The summed E-state index contributed by atoms with van der Waals surface area (Å²) in [7, 11) is 0. The number of hydrogen-bond donors (Lipinski definition) is 0. The monoisotopic (exact) mass is 383 g/mol. The first-order valence-corrected chi connectivity index (χ1v) is 8.83. The third kappa shape index (κ3) is 3.91. The van der Waals surface area contributed by atoms with Gasteiger partial charge in [-0.1, -0.05) is 0 Å². The second kappa shape index (κ2) is 7.98. The van der Waals surface area contributed by atoms with Crippen LogP contribution in [0.15, 0.2) is 12.1 Å². The quantitative estimate of drug-likeness (QED) is 0.583. The van der Waals surface area contributed by atoms with Crippen LogP contribution in [0, 0.1) is 23.4 Å². The molecule has 0 spiro atoms. The van der Waals surface area contributed by atoms with Gasteiger partial charge in [-0.15, -0.1) is 0 Å². The molecule has 3 amide bonds. The third-order valence-electron chi connectivity index (χ3n) is 5.17. The van der Waals surface area contributed by atoms with Crippen LogP contribution >= 0.6 is 0 Å². The number of amides is 3. The number of carbonyl (C=O) groups is 3. The lowest BCUT2D eigenvalue weighted by molar-refractivity contribution is -0.140. The highest BCUT2D eigenvalue weighted by molar-refractivity contribution is 5.94.